The van der Waals surface area contributed by atoms with Crippen LogP contribution in [0.2, 0.25) is 5.02 Å². The number of amides is 4. The van der Waals surface area contributed by atoms with E-state index in [1.54, 1.807) is 17.0 Å². The Kier molecular flexibility index (Phi) is 5.29. The Morgan fingerprint density at radius 2 is 1.84 bits per heavy atom. The van der Waals surface area contributed by atoms with Gasteiger partial charge in [-0.1, -0.05) is 29.8 Å². The molecule has 0 unspecified atom stereocenters. The maximum absolute atomic E-state index is 12.9. The number of carbonyl (C=O) groups excluding carboxylic acids is 3. The second kappa shape index (κ2) is 8.13. The summed E-state index contributed by atoms with van der Waals surface area (Å²) in [6.45, 7) is 2.50. The van der Waals surface area contributed by atoms with Crippen LogP contribution in [-0.4, -0.2) is 48.9 Å². The van der Waals surface area contributed by atoms with Gasteiger partial charge in [-0.3, -0.25) is 14.5 Å². The molecule has 3 aliphatic rings. The third-order valence-electron chi connectivity index (χ3n) is 6.94. The molecule has 2 N–H and O–H groups in total. The number of rotatable bonds is 4. The van der Waals surface area contributed by atoms with Crippen LogP contribution < -0.4 is 15.5 Å². The largest absolute Gasteiger partial charge is 0.339 e. The number of urea groups is 1. The molecule has 32 heavy (non-hydrogen) atoms. The summed E-state index contributed by atoms with van der Waals surface area (Å²) in [7, 11) is 0. The first-order valence-corrected chi connectivity index (χ1v) is 11.3. The Bertz CT molecular complexity index is 1080. The van der Waals surface area contributed by atoms with Gasteiger partial charge in [0.25, 0.3) is 5.91 Å². The highest BCUT2D eigenvalue weighted by Gasteiger charge is 2.58. The van der Waals surface area contributed by atoms with E-state index in [0.29, 0.717) is 42.5 Å². The van der Waals surface area contributed by atoms with Gasteiger partial charge in [-0.15, -0.1) is 0 Å². The first-order valence-electron chi connectivity index (χ1n) is 11.0. The van der Waals surface area contributed by atoms with Crippen LogP contribution in [0.5, 0.6) is 0 Å². The van der Waals surface area contributed by atoms with Crippen LogP contribution in [-0.2, 0) is 4.79 Å². The number of anilines is 2. The first kappa shape index (κ1) is 20.8. The van der Waals surface area contributed by atoms with Crippen molar-refractivity contribution in [3.63, 3.8) is 0 Å². The molecule has 2 heterocycles. The van der Waals surface area contributed by atoms with E-state index in [0.717, 1.165) is 24.9 Å². The molecule has 0 bridgehead atoms. The minimum absolute atomic E-state index is 0.0129. The Balaban J connectivity index is 1.18. The number of hydrogen-bond acceptors (Lipinski definition) is 3. The average molecular weight is 453 g/mol. The molecule has 2 aliphatic heterocycles. The molecule has 3 fully saturated rings. The molecule has 5 rings (SSSR count). The fourth-order valence-electron chi connectivity index (χ4n) is 4.93. The van der Waals surface area contributed by atoms with E-state index in [-0.39, 0.29) is 29.2 Å². The third kappa shape index (κ3) is 3.81. The summed E-state index contributed by atoms with van der Waals surface area (Å²) >= 11 is 6.18. The molecule has 7 nitrogen and oxygen atoms in total. The molecule has 1 saturated carbocycles. The molecule has 166 valence electrons. The molecule has 1 spiro atoms. The minimum Gasteiger partial charge on any atom is -0.339 e. The Hall–Kier alpha value is -3.06. The minimum atomic E-state index is -0.118. The molecule has 1 atom stereocenters. The maximum atomic E-state index is 12.9. The van der Waals surface area contributed by atoms with Gasteiger partial charge in [0.2, 0.25) is 5.91 Å². The fraction of sp³-hybridized carbons (Fsp3) is 0.375. The number of carbonyl (C=O) groups is 3. The number of hydrogen-bond donors (Lipinski definition) is 2. The Labute approximate surface area is 191 Å². The molecular weight excluding hydrogens is 428 g/mol. The van der Waals surface area contributed by atoms with Gasteiger partial charge < -0.3 is 15.5 Å². The molecule has 0 radical (unpaired) electrons. The van der Waals surface area contributed by atoms with Gasteiger partial charge >= 0.3 is 6.03 Å². The number of piperidine rings is 1. The maximum Gasteiger partial charge on any atom is 0.321 e. The highest BCUT2D eigenvalue weighted by Crippen LogP contribution is 2.59. The van der Waals surface area contributed by atoms with Crippen molar-refractivity contribution in [2.24, 2.45) is 11.3 Å². The van der Waals surface area contributed by atoms with Gasteiger partial charge in [-0.2, -0.15) is 0 Å². The summed E-state index contributed by atoms with van der Waals surface area (Å²) < 4.78 is 0. The number of nitrogens with one attached hydrogen (secondary N) is 2. The molecule has 4 amide bonds. The number of likely N-dealkylation sites (tertiary alicyclic amines) is 1. The normalized spacial score (nSPS) is 21.4. The number of benzene rings is 2. The molecule has 2 aromatic rings. The lowest BCUT2D eigenvalue weighted by atomic mass is 9.90. The zero-order valence-electron chi connectivity index (χ0n) is 17.6. The van der Waals surface area contributed by atoms with Crippen molar-refractivity contribution in [1.82, 2.24) is 10.2 Å². The Morgan fingerprint density at radius 1 is 1.06 bits per heavy atom. The lowest BCUT2D eigenvalue weighted by Gasteiger charge is -2.33. The first-order chi connectivity index (χ1) is 15.5. The van der Waals surface area contributed by atoms with Crippen molar-refractivity contribution in [2.45, 2.75) is 19.3 Å². The van der Waals surface area contributed by atoms with Crippen LogP contribution in [0.25, 0.3) is 0 Å². The van der Waals surface area contributed by atoms with Gasteiger partial charge in [0, 0.05) is 43.5 Å². The number of nitrogens with zero attached hydrogens (tertiary/aromatic N) is 2. The van der Waals surface area contributed by atoms with E-state index in [1.807, 2.05) is 41.3 Å². The second-order valence-electron chi connectivity index (χ2n) is 8.81. The zero-order valence-corrected chi connectivity index (χ0v) is 18.4. The van der Waals surface area contributed by atoms with Crippen LogP contribution in [0.1, 0.15) is 29.6 Å². The van der Waals surface area contributed by atoms with E-state index < -0.39 is 0 Å². The average Bonchev–Trinajstić information content (AvgIpc) is 3.32. The summed E-state index contributed by atoms with van der Waals surface area (Å²) in [5.74, 6) is -0.0763. The fourth-order valence-corrected chi connectivity index (χ4v) is 5.15. The molecule has 1 aliphatic carbocycles. The molecule has 2 aromatic carbocycles. The predicted molar refractivity (Wildman–Crippen MR) is 123 cm³/mol. The van der Waals surface area contributed by atoms with Crippen molar-refractivity contribution in [3.05, 3.63) is 59.1 Å². The monoisotopic (exact) mass is 452 g/mol. The summed E-state index contributed by atoms with van der Waals surface area (Å²) in [6.07, 6.45) is 2.48. The lowest BCUT2D eigenvalue weighted by Crippen LogP contribution is -2.40. The molecule has 2 saturated heterocycles. The summed E-state index contributed by atoms with van der Waals surface area (Å²) in [6, 6.07) is 14.4. The van der Waals surface area contributed by atoms with Crippen molar-refractivity contribution in [1.29, 1.82) is 0 Å². The van der Waals surface area contributed by atoms with Gasteiger partial charge in [-0.05, 0) is 55.0 Å². The highest BCUT2D eigenvalue weighted by atomic mass is 35.5. The van der Waals surface area contributed by atoms with Gasteiger partial charge in [0.05, 0.1) is 10.6 Å². The standard InChI is InChI=1S/C24H25ClN4O3/c25-20-7-2-1-6-18(20)22(31)28-11-8-24(9-12-28)15-19(24)21(30)27-16-4-3-5-17(14-16)29-13-10-26-23(29)32/h1-7,14,19H,8-13,15H2,(H,26,32)(H,27,30)/t19-/m0/s1. The van der Waals surface area contributed by atoms with E-state index in [2.05, 4.69) is 10.6 Å². The predicted octanol–water partition coefficient (Wildman–Crippen LogP) is 3.75. The van der Waals surface area contributed by atoms with E-state index in [1.165, 1.54) is 0 Å². The number of halogens is 1. The highest BCUT2D eigenvalue weighted by molar-refractivity contribution is 6.33. The SMILES string of the molecule is O=C(Nc1cccc(N2CCNC2=O)c1)[C@@H]1CC12CCN(C(=O)c1ccccc1Cl)CC2. The molecular formula is C24H25ClN4O3. The zero-order chi connectivity index (χ0) is 22.3. The van der Waals surface area contributed by atoms with Crippen molar-refractivity contribution in [2.75, 3.05) is 36.4 Å². The van der Waals surface area contributed by atoms with Crippen LogP contribution >= 0.6 is 11.6 Å². The van der Waals surface area contributed by atoms with Crippen LogP contribution in [0, 0.1) is 11.3 Å². The van der Waals surface area contributed by atoms with E-state index in [9.17, 15) is 14.4 Å². The second-order valence-corrected chi connectivity index (χ2v) is 9.22. The third-order valence-corrected chi connectivity index (χ3v) is 7.27. The lowest BCUT2D eigenvalue weighted by molar-refractivity contribution is -0.118. The van der Waals surface area contributed by atoms with Crippen LogP contribution in [0.4, 0.5) is 16.2 Å². The van der Waals surface area contributed by atoms with Gasteiger partial charge in [-0.25, -0.2) is 4.79 Å². The molecule has 0 aromatic heterocycles. The van der Waals surface area contributed by atoms with Crippen molar-refractivity contribution < 1.29 is 14.4 Å². The van der Waals surface area contributed by atoms with Crippen LogP contribution in [0.15, 0.2) is 48.5 Å². The Morgan fingerprint density at radius 3 is 2.56 bits per heavy atom. The summed E-state index contributed by atoms with van der Waals surface area (Å²) in [5, 5.41) is 6.28. The quantitative estimate of drug-likeness (QED) is 0.741. The van der Waals surface area contributed by atoms with E-state index >= 15 is 0 Å². The smallest absolute Gasteiger partial charge is 0.321 e. The van der Waals surface area contributed by atoms with Crippen molar-refractivity contribution >= 4 is 40.8 Å². The van der Waals surface area contributed by atoms with Crippen molar-refractivity contribution in [3.8, 4) is 0 Å². The van der Waals surface area contributed by atoms with Gasteiger partial charge in [0.15, 0.2) is 0 Å². The summed E-state index contributed by atoms with van der Waals surface area (Å²) in [4.78, 5) is 41.1. The van der Waals surface area contributed by atoms with E-state index in [4.69, 9.17) is 11.6 Å². The summed E-state index contributed by atoms with van der Waals surface area (Å²) in [5.41, 5.74) is 1.98. The van der Waals surface area contributed by atoms with Crippen LogP contribution in [0.3, 0.4) is 0 Å². The van der Waals surface area contributed by atoms with Gasteiger partial charge in [0.1, 0.15) is 0 Å². The topological polar surface area (TPSA) is 81.8 Å². The molecule has 8 heteroatoms.